The molecule has 0 aliphatic carbocycles. The van der Waals surface area contributed by atoms with Gasteiger partial charge in [0.05, 0.1) is 17.8 Å². The number of ether oxygens (including phenoxy) is 1. The Labute approximate surface area is 136 Å². The second kappa shape index (κ2) is 6.33. The zero-order valence-corrected chi connectivity index (χ0v) is 13.6. The summed E-state index contributed by atoms with van der Waals surface area (Å²) in [5.74, 6) is -1.62. The van der Waals surface area contributed by atoms with E-state index in [0.29, 0.717) is 13.1 Å². The van der Waals surface area contributed by atoms with E-state index in [4.69, 9.17) is 4.74 Å². The fraction of sp³-hybridized carbons (Fsp3) is 0.375. The fourth-order valence-electron chi connectivity index (χ4n) is 2.69. The summed E-state index contributed by atoms with van der Waals surface area (Å²) >= 11 is 1.06. The predicted molar refractivity (Wildman–Crippen MR) is 83.4 cm³/mol. The van der Waals surface area contributed by atoms with E-state index >= 15 is 0 Å². The van der Waals surface area contributed by atoms with Crippen LogP contribution in [0.1, 0.15) is 24.3 Å². The Kier molecular flexibility index (Phi) is 4.41. The highest BCUT2D eigenvalue weighted by Crippen LogP contribution is 2.29. The molecule has 2 atom stereocenters. The van der Waals surface area contributed by atoms with Crippen LogP contribution in [-0.2, 0) is 4.74 Å². The van der Waals surface area contributed by atoms with E-state index in [-0.39, 0.29) is 34.4 Å². The number of thiazole rings is 1. The Hall–Kier alpha value is -1.86. The van der Waals surface area contributed by atoms with Crippen molar-refractivity contribution in [2.45, 2.75) is 26.1 Å². The van der Waals surface area contributed by atoms with Crippen LogP contribution in [0.15, 0.2) is 23.6 Å². The van der Waals surface area contributed by atoms with Crippen molar-refractivity contribution in [2.24, 2.45) is 0 Å². The van der Waals surface area contributed by atoms with E-state index in [1.54, 1.807) is 4.90 Å². The fourth-order valence-corrected chi connectivity index (χ4v) is 3.54. The van der Waals surface area contributed by atoms with Crippen molar-refractivity contribution in [3.05, 3.63) is 40.9 Å². The smallest absolute Gasteiger partial charge is 0.273 e. The molecule has 2 heterocycles. The Bertz CT molecular complexity index is 704. The van der Waals surface area contributed by atoms with Crippen LogP contribution in [0.4, 0.5) is 8.78 Å². The molecular weight excluding hydrogens is 322 g/mol. The number of aromatic nitrogens is 1. The first-order chi connectivity index (χ1) is 11.0. The Morgan fingerprint density at radius 3 is 2.48 bits per heavy atom. The number of carbonyl (C=O) groups excluding carboxylic acids is 1. The van der Waals surface area contributed by atoms with Crippen LogP contribution in [0.3, 0.4) is 0 Å². The lowest BCUT2D eigenvalue weighted by Gasteiger charge is -2.34. The molecule has 1 aliphatic heterocycles. The molecule has 1 saturated heterocycles. The van der Waals surface area contributed by atoms with Crippen LogP contribution in [-0.4, -0.2) is 41.1 Å². The van der Waals surface area contributed by atoms with Crippen molar-refractivity contribution in [2.75, 3.05) is 13.1 Å². The van der Waals surface area contributed by atoms with Gasteiger partial charge < -0.3 is 9.64 Å². The number of hydrogen-bond donors (Lipinski definition) is 0. The minimum Gasteiger partial charge on any atom is -0.372 e. The topological polar surface area (TPSA) is 42.4 Å². The van der Waals surface area contributed by atoms with Gasteiger partial charge in [-0.1, -0.05) is 6.07 Å². The molecule has 0 radical (unpaired) electrons. The van der Waals surface area contributed by atoms with Crippen molar-refractivity contribution < 1.29 is 18.3 Å². The number of nitrogens with zero attached hydrogens (tertiary/aromatic N) is 2. The predicted octanol–water partition coefficient (Wildman–Crippen LogP) is 3.34. The lowest BCUT2D eigenvalue weighted by Crippen LogP contribution is -2.48. The highest BCUT2D eigenvalue weighted by molar-refractivity contribution is 7.13. The van der Waals surface area contributed by atoms with Crippen molar-refractivity contribution in [1.29, 1.82) is 0 Å². The highest BCUT2D eigenvalue weighted by Gasteiger charge is 2.28. The van der Waals surface area contributed by atoms with Gasteiger partial charge in [0.2, 0.25) is 0 Å². The van der Waals surface area contributed by atoms with Crippen LogP contribution in [0.2, 0.25) is 0 Å². The molecule has 1 aromatic carbocycles. The average molecular weight is 338 g/mol. The Morgan fingerprint density at radius 1 is 1.26 bits per heavy atom. The van der Waals surface area contributed by atoms with Crippen LogP contribution in [0.25, 0.3) is 10.6 Å². The van der Waals surface area contributed by atoms with Gasteiger partial charge in [0.25, 0.3) is 5.91 Å². The summed E-state index contributed by atoms with van der Waals surface area (Å²) < 4.78 is 33.2. The van der Waals surface area contributed by atoms with E-state index in [1.165, 1.54) is 23.6 Å². The van der Waals surface area contributed by atoms with E-state index in [0.717, 1.165) is 11.3 Å². The molecule has 3 rings (SSSR count). The van der Waals surface area contributed by atoms with Crippen LogP contribution >= 0.6 is 11.3 Å². The number of hydrogen-bond acceptors (Lipinski definition) is 4. The first-order valence-corrected chi connectivity index (χ1v) is 8.18. The highest BCUT2D eigenvalue weighted by atomic mass is 32.1. The van der Waals surface area contributed by atoms with E-state index in [1.807, 2.05) is 13.8 Å². The second-order valence-corrected chi connectivity index (χ2v) is 6.46. The molecule has 0 unspecified atom stereocenters. The van der Waals surface area contributed by atoms with E-state index in [2.05, 4.69) is 4.98 Å². The molecule has 1 amide bonds. The van der Waals surface area contributed by atoms with Gasteiger partial charge in [-0.3, -0.25) is 4.79 Å². The summed E-state index contributed by atoms with van der Waals surface area (Å²) in [6.45, 7) is 4.75. The maximum absolute atomic E-state index is 13.8. The molecule has 1 aliphatic rings. The van der Waals surface area contributed by atoms with Gasteiger partial charge in [0.1, 0.15) is 22.3 Å². The molecular formula is C16H16F2N2O2S. The molecule has 2 aromatic rings. The second-order valence-electron chi connectivity index (χ2n) is 5.60. The lowest BCUT2D eigenvalue weighted by atomic mass is 10.2. The Morgan fingerprint density at radius 2 is 1.87 bits per heavy atom. The third kappa shape index (κ3) is 3.25. The van der Waals surface area contributed by atoms with Gasteiger partial charge >= 0.3 is 0 Å². The van der Waals surface area contributed by atoms with Gasteiger partial charge in [0, 0.05) is 18.5 Å². The van der Waals surface area contributed by atoms with Crippen molar-refractivity contribution in [1.82, 2.24) is 9.88 Å². The molecule has 4 nitrogen and oxygen atoms in total. The number of amides is 1. The molecule has 0 N–H and O–H groups in total. The first-order valence-electron chi connectivity index (χ1n) is 7.30. The van der Waals surface area contributed by atoms with Crippen LogP contribution in [0, 0.1) is 11.6 Å². The summed E-state index contributed by atoms with van der Waals surface area (Å²) in [4.78, 5) is 18.3. The average Bonchev–Trinajstić information content (AvgIpc) is 2.94. The van der Waals surface area contributed by atoms with Crippen LogP contribution in [0.5, 0.6) is 0 Å². The van der Waals surface area contributed by atoms with Gasteiger partial charge in [-0.2, -0.15) is 0 Å². The zero-order chi connectivity index (χ0) is 16.6. The van der Waals surface area contributed by atoms with E-state index in [9.17, 15) is 13.6 Å². The quantitative estimate of drug-likeness (QED) is 0.843. The molecule has 23 heavy (non-hydrogen) atoms. The van der Waals surface area contributed by atoms with Crippen LogP contribution < -0.4 is 0 Å². The molecule has 7 heteroatoms. The molecule has 1 aromatic heterocycles. The number of rotatable bonds is 2. The SMILES string of the molecule is C[C@H]1CN(C(=O)c2csc(-c3c(F)cccc3F)n2)C[C@H](C)O1. The maximum Gasteiger partial charge on any atom is 0.273 e. The molecule has 1 fully saturated rings. The number of halogens is 2. The number of carbonyl (C=O) groups is 1. The summed E-state index contributed by atoms with van der Waals surface area (Å²) in [5.41, 5.74) is 0.00853. The van der Waals surface area contributed by atoms with Gasteiger partial charge in [-0.05, 0) is 26.0 Å². The van der Waals surface area contributed by atoms with Gasteiger partial charge in [0.15, 0.2) is 0 Å². The lowest BCUT2D eigenvalue weighted by molar-refractivity contribution is -0.0587. The van der Waals surface area contributed by atoms with E-state index < -0.39 is 11.6 Å². The van der Waals surface area contributed by atoms with Crippen molar-refractivity contribution in [3.8, 4) is 10.6 Å². The monoisotopic (exact) mass is 338 g/mol. The molecule has 0 spiro atoms. The van der Waals surface area contributed by atoms with Gasteiger partial charge in [-0.25, -0.2) is 13.8 Å². The summed E-state index contributed by atoms with van der Waals surface area (Å²) in [6, 6.07) is 3.64. The minimum absolute atomic E-state index is 0.0511. The largest absolute Gasteiger partial charge is 0.372 e. The third-order valence-electron chi connectivity index (χ3n) is 3.61. The van der Waals surface area contributed by atoms with Crippen molar-refractivity contribution >= 4 is 17.2 Å². The maximum atomic E-state index is 13.8. The molecule has 0 bridgehead atoms. The standard InChI is InChI=1S/C16H16F2N2O2S/c1-9-6-20(7-10(2)22-9)16(21)13-8-23-15(19-13)14-11(17)4-3-5-12(14)18/h3-5,8-10H,6-7H2,1-2H3/t9-,10-/m0/s1. The first kappa shape index (κ1) is 16.0. The summed E-state index contributed by atoms with van der Waals surface area (Å²) in [5, 5.41) is 1.70. The van der Waals surface area contributed by atoms with Gasteiger partial charge in [-0.15, -0.1) is 11.3 Å². The van der Waals surface area contributed by atoms with Crippen molar-refractivity contribution in [3.63, 3.8) is 0 Å². The molecule has 122 valence electrons. The normalized spacial score (nSPS) is 21.5. The summed E-state index contributed by atoms with van der Waals surface area (Å²) in [6.07, 6.45) is -0.102. The number of morpholine rings is 1. The summed E-state index contributed by atoms with van der Waals surface area (Å²) in [7, 11) is 0. The number of benzene rings is 1. The minimum atomic E-state index is -0.688. The third-order valence-corrected chi connectivity index (χ3v) is 4.47. The Balaban J connectivity index is 1.86. The molecule has 0 saturated carbocycles. The zero-order valence-electron chi connectivity index (χ0n) is 12.8.